The summed E-state index contributed by atoms with van der Waals surface area (Å²) in [5.74, 6) is 0.125. The second-order valence-electron chi connectivity index (χ2n) is 4.82. The summed E-state index contributed by atoms with van der Waals surface area (Å²) in [6.07, 6.45) is 3.28. The highest BCUT2D eigenvalue weighted by Crippen LogP contribution is 2.16. The number of amides is 1. The monoisotopic (exact) mass is 257 g/mol. The molecule has 0 saturated carbocycles. The third-order valence-corrected chi connectivity index (χ3v) is 3.46. The molecule has 1 aliphatic heterocycles. The first-order valence-electron chi connectivity index (χ1n) is 7.02. The number of nitrogens with one attached hydrogen (secondary N) is 1. The fourth-order valence-corrected chi connectivity index (χ4v) is 2.25. The number of ether oxygens (including phenoxy) is 1. The molecule has 1 heterocycles. The highest BCUT2D eigenvalue weighted by atomic mass is 16.5. The molecule has 0 aliphatic carbocycles. The molecular formula is C13H27N3O2. The largest absolute Gasteiger partial charge is 0.378 e. The number of nitrogens with two attached hydrogens (primary N) is 1. The molecular weight excluding hydrogens is 230 g/mol. The molecule has 0 bridgehead atoms. The first kappa shape index (κ1) is 15.4. The molecule has 3 N–H and O–H groups in total. The van der Waals surface area contributed by atoms with E-state index in [4.69, 9.17) is 10.5 Å². The third-order valence-electron chi connectivity index (χ3n) is 3.46. The van der Waals surface area contributed by atoms with Crippen LogP contribution in [-0.4, -0.2) is 55.7 Å². The summed E-state index contributed by atoms with van der Waals surface area (Å²) >= 11 is 0. The van der Waals surface area contributed by atoms with E-state index < -0.39 is 0 Å². The minimum atomic E-state index is -0.0325. The average Bonchev–Trinajstić information content (AvgIpc) is 2.39. The summed E-state index contributed by atoms with van der Waals surface area (Å²) in [5, 5.41) is 2.87. The van der Waals surface area contributed by atoms with Crippen LogP contribution in [0.2, 0.25) is 0 Å². The Morgan fingerprint density at radius 1 is 1.50 bits per heavy atom. The van der Waals surface area contributed by atoms with Crippen molar-refractivity contribution in [3.8, 4) is 0 Å². The Labute approximate surface area is 110 Å². The van der Waals surface area contributed by atoms with E-state index in [1.54, 1.807) is 0 Å². The minimum absolute atomic E-state index is 0.0325. The molecule has 5 nitrogen and oxygen atoms in total. The smallest absolute Gasteiger partial charge is 0.237 e. The van der Waals surface area contributed by atoms with Gasteiger partial charge in [-0.05, 0) is 39.7 Å². The van der Waals surface area contributed by atoms with Gasteiger partial charge in [0, 0.05) is 26.2 Å². The fraction of sp³-hybridized carbons (Fsp3) is 0.923. The van der Waals surface area contributed by atoms with Crippen molar-refractivity contribution in [2.45, 2.75) is 45.3 Å². The summed E-state index contributed by atoms with van der Waals surface area (Å²) in [6.45, 7) is 7.93. The molecule has 5 heteroatoms. The van der Waals surface area contributed by atoms with Gasteiger partial charge in [-0.1, -0.05) is 0 Å². The maximum absolute atomic E-state index is 11.7. The zero-order chi connectivity index (χ0) is 13.4. The zero-order valence-electron chi connectivity index (χ0n) is 11.7. The number of rotatable bonds is 7. The van der Waals surface area contributed by atoms with Crippen LogP contribution >= 0.6 is 0 Å². The molecule has 1 fully saturated rings. The number of carbonyl (C=O) groups excluding carboxylic acids is 1. The van der Waals surface area contributed by atoms with Crippen molar-refractivity contribution in [3.63, 3.8) is 0 Å². The normalized spacial score (nSPS) is 19.7. The van der Waals surface area contributed by atoms with E-state index in [1.807, 2.05) is 13.8 Å². The molecule has 0 radical (unpaired) electrons. The summed E-state index contributed by atoms with van der Waals surface area (Å²) in [5.41, 5.74) is 5.44. The number of hydrogen-bond donors (Lipinski definition) is 2. The number of likely N-dealkylation sites (tertiary alicyclic amines) is 1. The predicted octanol–water partition coefficient (Wildman–Crippen LogP) is 0.341. The quantitative estimate of drug-likeness (QED) is 0.645. The Morgan fingerprint density at radius 3 is 2.72 bits per heavy atom. The maximum atomic E-state index is 11.7. The standard InChI is InChI=1S/C13H27N3O2/c1-3-15-13(17)11(2)16-8-5-12(6-9-16)18-10-4-7-14/h11-12H,3-10,14H2,1-2H3,(H,15,17). The van der Waals surface area contributed by atoms with Crippen LogP contribution in [0.4, 0.5) is 0 Å². The van der Waals surface area contributed by atoms with Gasteiger partial charge >= 0.3 is 0 Å². The molecule has 0 aromatic rings. The van der Waals surface area contributed by atoms with Crippen LogP contribution in [0.25, 0.3) is 0 Å². The van der Waals surface area contributed by atoms with Gasteiger partial charge in [-0.2, -0.15) is 0 Å². The number of piperidine rings is 1. The van der Waals surface area contributed by atoms with Gasteiger partial charge in [-0.25, -0.2) is 0 Å². The van der Waals surface area contributed by atoms with E-state index in [9.17, 15) is 4.79 Å². The van der Waals surface area contributed by atoms with Crippen LogP contribution < -0.4 is 11.1 Å². The van der Waals surface area contributed by atoms with Crippen LogP contribution in [-0.2, 0) is 9.53 Å². The lowest BCUT2D eigenvalue weighted by atomic mass is 10.1. The van der Waals surface area contributed by atoms with Crippen LogP contribution in [0, 0.1) is 0 Å². The van der Waals surface area contributed by atoms with Crippen molar-refractivity contribution < 1.29 is 9.53 Å². The van der Waals surface area contributed by atoms with Gasteiger partial charge in [0.05, 0.1) is 12.1 Å². The zero-order valence-corrected chi connectivity index (χ0v) is 11.7. The molecule has 0 aromatic heterocycles. The van der Waals surface area contributed by atoms with Crippen molar-refractivity contribution in [1.82, 2.24) is 10.2 Å². The van der Waals surface area contributed by atoms with E-state index in [2.05, 4.69) is 10.2 Å². The second kappa shape index (κ2) is 8.45. The minimum Gasteiger partial charge on any atom is -0.378 e. The molecule has 0 spiro atoms. The lowest BCUT2D eigenvalue weighted by molar-refractivity contribution is -0.126. The van der Waals surface area contributed by atoms with Crippen molar-refractivity contribution >= 4 is 5.91 Å². The van der Waals surface area contributed by atoms with E-state index in [1.165, 1.54) is 0 Å². The number of hydrogen-bond acceptors (Lipinski definition) is 4. The lowest BCUT2D eigenvalue weighted by Gasteiger charge is -2.35. The van der Waals surface area contributed by atoms with Crippen molar-refractivity contribution in [2.24, 2.45) is 5.73 Å². The molecule has 1 unspecified atom stereocenters. The first-order valence-corrected chi connectivity index (χ1v) is 7.02. The Bertz CT molecular complexity index is 240. The van der Waals surface area contributed by atoms with Crippen molar-refractivity contribution in [3.05, 3.63) is 0 Å². The third kappa shape index (κ3) is 4.92. The van der Waals surface area contributed by atoms with Gasteiger partial charge in [0.25, 0.3) is 0 Å². The van der Waals surface area contributed by atoms with Gasteiger partial charge in [0.2, 0.25) is 5.91 Å². The Balaban J connectivity index is 2.23. The van der Waals surface area contributed by atoms with Crippen LogP contribution in [0.3, 0.4) is 0 Å². The Morgan fingerprint density at radius 2 is 2.17 bits per heavy atom. The first-order chi connectivity index (χ1) is 8.69. The summed E-state index contributed by atoms with van der Waals surface area (Å²) < 4.78 is 5.75. The molecule has 1 rings (SSSR count). The Kier molecular flexibility index (Phi) is 7.23. The second-order valence-corrected chi connectivity index (χ2v) is 4.82. The van der Waals surface area contributed by atoms with Crippen molar-refractivity contribution in [2.75, 3.05) is 32.8 Å². The fourth-order valence-electron chi connectivity index (χ4n) is 2.25. The van der Waals surface area contributed by atoms with Crippen LogP contribution in [0.5, 0.6) is 0 Å². The topological polar surface area (TPSA) is 67.6 Å². The molecule has 0 aromatic carbocycles. The number of likely N-dealkylation sites (N-methyl/N-ethyl adjacent to an activating group) is 1. The highest BCUT2D eigenvalue weighted by Gasteiger charge is 2.26. The van der Waals surface area contributed by atoms with Gasteiger partial charge in [0.15, 0.2) is 0 Å². The summed E-state index contributed by atoms with van der Waals surface area (Å²) in [7, 11) is 0. The van der Waals surface area contributed by atoms with Gasteiger partial charge < -0.3 is 15.8 Å². The highest BCUT2D eigenvalue weighted by molar-refractivity contribution is 5.81. The van der Waals surface area contributed by atoms with E-state index in [0.29, 0.717) is 19.2 Å². The molecule has 1 aliphatic rings. The van der Waals surface area contributed by atoms with E-state index in [0.717, 1.165) is 39.0 Å². The lowest BCUT2D eigenvalue weighted by Crippen LogP contribution is -2.49. The molecule has 1 saturated heterocycles. The average molecular weight is 257 g/mol. The van der Waals surface area contributed by atoms with Gasteiger partial charge in [0.1, 0.15) is 0 Å². The summed E-state index contributed by atoms with van der Waals surface area (Å²) in [4.78, 5) is 14.0. The SMILES string of the molecule is CCNC(=O)C(C)N1CCC(OCCCN)CC1. The molecule has 1 amide bonds. The maximum Gasteiger partial charge on any atom is 0.237 e. The van der Waals surface area contributed by atoms with E-state index in [-0.39, 0.29) is 11.9 Å². The molecule has 106 valence electrons. The Hall–Kier alpha value is -0.650. The van der Waals surface area contributed by atoms with Gasteiger partial charge in [-0.15, -0.1) is 0 Å². The number of nitrogens with zero attached hydrogens (tertiary/aromatic N) is 1. The molecule has 18 heavy (non-hydrogen) atoms. The predicted molar refractivity (Wildman–Crippen MR) is 72.4 cm³/mol. The summed E-state index contributed by atoms with van der Waals surface area (Å²) in [6, 6.07) is -0.0325. The number of carbonyl (C=O) groups is 1. The van der Waals surface area contributed by atoms with Crippen molar-refractivity contribution in [1.29, 1.82) is 0 Å². The van der Waals surface area contributed by atoms with Crippen LogP contribution in [0.15, 0.2) is 0 Å². The molecule has 1 atom stereocenters. The van der Waals surface area contributed by atoms with Crippen LogP contribution in [0.1, 0.15) is 33.1 Å². The van der Waals surface area contributed by atoms with Gasteiger partial charge in [-0.3, -0.25) is 9.69 Å². The van der Waals surface area contributed by atoms with E-state index >= 15 is 0 Å².